The number of carboxylic acid groups (broad SMARTS) is 3. The molecule has 0 aromatic carbocycles. The Morgan fingerprint density at radius 3 is 1.82 bits per heavy atom. The van der Waals surface area contributed by atoms with Crippen molar-refractivity contribution in [1.82, 2.24) is 40.3 Å². The Hall–Kier alpha value is -3.02. The first-order valence-corrected chi connectivity index (χ1v) is 21.2. The van der Waals surface area contributed by atoms with Crippen LogP contribution < -0.4 is 10.6 Å². The summed E-state index contributed by atoms with van der Waals surface area (Å²) in [5.74, 6) is -4.64. The van der Waals surface area contributed by atoms with Crippen LogP contribution in [0.2, 0.25) is 0 Å². The average molecular weight is 759 g/mol. The molecule has 49 heavy (non-hydrogen) atoms. The van der Waals surface area contributed by atoms with E-state index in [1.54, 1.807) is 9.80 Å². The van der Waals surface area contributed by atoms with E-state index >= 15 is 0 Å². The molecule has 2 heterocycles. The summed E-state index contributed by atoms with van der Waals surface area (Å²) in [6.45, 7) is 0.655. The Morgan fingerprint density at radius 1 is 0.755 bits per heavy atom. The first-order valence-electron chi connectivity index (χ1n) is 15.3. The second-order valence-electron chi connectivity index (χ2n) is 11.6. The second kappa shape index (κ2) is 20.6. The van der Waals surface area contributed by atoms with E-state index in [0.29, 0.717) is 18.8 Å². The molecule has 2 amide bonds. The number of aliphatic carboxylic acids is 3. The van der Waals surface area contributed by atoms with Crippen molar-refractivity contribution < 1.29 is 62.8 Å². The summed E-state index contributed by atoms with van der Waals surface area (Å²) < 4.78 is 39.7. The van der Waals surface area contributed by atoms with E-state index in [1.807, 2.05) is 4.90 Å². The smallest absolute Gasteiger partial charge is 0.322 e. The van der Waals surface area contributed by atoms with E-state index in [-0.39, 0.29) is 83.3 Å². The topological polar surface area (TPSA) is 302 Å². The molecule has 3 unspecified atom stereocenters. The predicted molar refractivity (Wildman–Crippen MR) is 174 cm³/mol. The number of carboxylic acids is 3. The van der Waals surface area contributed by atoms with E-state index in [2.05, 4.69) is 20.9 Å². The predicted octanol–water partition coefficient (Wildman–Crippen LogP) is -1.67. The van der Waals surface area contributed by atoms with Gasteiger partial charge in [0.2, 0.25) is 26.6 Å². The van der Waals surface area contributed by atoms with Gasteiger partial charge in [0.1, 0.15) is 18.8 Å². The van der Waals surface area contributed by atoms with Crippen LogP contribution in [0.5, 0.6) is 0 Å². The lowest BCUT2D eigenvalue weighted by molar-refractivity contribution is -0.138. The minimum absolute atomic E-state index is 0.00300. The van der Waals surface area contributed by atoms with Gasteiger partial charge in [-0.15, -0.1) is 5.10 Å². The van der Waals surface area contributed by atoms with Gasteiger partial charge in [0.25, 0.3) is 0 Å². The highest BCUT2D eigenvalue weighted by Gasteiger charge is 2.28. The number of nitrogens with one attached hydrogen (secondary N) is 2. The largest absolute Gasteiger partial charge is 0.481 e. The maximum atomic E-state index is 13.2. The average Bonchev–Trinajstić information content (AvgIpc) is 3.48. The van der Waals surface area contributed by atoms with Crippen LogP contribution in [0.4, 0.5) is 0 Å². The van der Waals surface area contributed by atoms with Crippen LogP contribution >= 0.6 is 22.5 Å². The van der Waals surface area contributed by atoms with Gasteiger partial charge in [0, 0.05) is 70.5 Å². The molecule has 278 valence electrons. The third kappa shape index (κ3) is 19.1. The lowest BCUT2D eigenvalue weighted by Gasteiger charge is -2.28. The van der Waals surface area contributed by atoms with Gasteiger partial charge in [-0.05, 0) is 0 Å². The fourth-order valence-electron chi connectivity index (χ4n) is 4.66. The van der Waals surface area contributed by atoms with Crippen molar-refractivity contribution in [3.8, 4) is 0 Å². The zero-order valence-electron chi connectivity index (χ0n) is 26.9. The van der Waals surface area contributed by atoms with Crippen molar-refractivity contribution in [3.05, 3.63) is 11.9 Å². The minimum atomic E-state index is -3.92. The Bertz CT molecular complexity index is 1430. The van der Waals surface area contributed by atoms with Crippen LogP contribution in [0, 0.1) is 0 Å². The van der Waals surface area contributed by atoms with Gasteiger partial charge >= 0.3 is 17.9 Å². The molecule has 1 aliphatic rings. The number of hydrogen-bond acceptors (Lipinski definition) is 13. The Labute approximate surface area is 282 Å². The van der Waals surface area contributed by atoms with Gasteiger partial charge < -0.3 is 40.3 Å². The van der Waals surface area contributed by atoms with Gasteiger partial charge in [-0.3, -0.25) is 47.8 Å². The highest BCUT2D eigenvalue weighted by atomic mass is 31.2. The summed E-state index contributed by atoms with van der Waals surface area (Å²) in [6.07, 6.45) is -0.951. The highest BCUT2D eigenvalue weighted by Crippen LogP contribution is 2.43. The molecule has 2 rings (SSSR count). The summed E-state index contributed by atoms with van der Waals surface area (Å²) in [5.41, 5.74) is 0.290. The maximum absolute atomic E-state index is 13.2. The lowest BCUT2D eigenvalue weighted by atomic mass is 10.4. The summed E-state index contributed by atoms with van der Waals surface area (Å²) in [6, 6.07) is 0. The molecular formula is C25H45N8O13P3. The standard InChI is InChI=1S/C25H45N8O13P3/c34-21(26-13-20-15-33(29-28-20)16-22(35)27-14-25(40)41)2-11-48(43,44)18-31-6-4-30(17-47(42)10-1-23(36)37)5-7-32(9-8-31)19-49(45,46)12-3-24(38)39/h15,47H,1-14,16-19H2,(H,26,34)(H,27,35)(H,36,37)(H,38,39)(H,40,41)(H,43,44)(H,45,46). The number of hydrogen-bond donors (Lipinski definition) is 7. The third-order valence-electron chi connectivity index (χ3n) is 7.22. The number of rotatable bonds is 21. The van der Waals surface area contributed by atoms with Gasteiger partial charge in [-0.1, -0.05) is 5.21 Å². The van der Waals surface area contributed by atoms with E-state index < -0.39 is 71.4 Å². The third-order valence-corrected chi connectivity index (χ3v) is 12.4. The molecule has 24 heteroatoms. The van der Waals surface area contributed by atoms with Crippen LogP contribution in [0.25, 0.3) is 0 Å². The van der Waals surface area contributed by atoms with Crippen molar-refractivity contribution >= 4 is 52.3 Å². The zero-order chi connectivity index (χ0) is 36.6. The first-order chi connectivity index (χ1) is 22.9. The number of nitrogens with zero attached hydrogens (tertiary/aromatic N) is 6. The number of aromatic nitrogens is 3. The van der Waals surface area contributed by atoms with Crippen LogP contribution in [0.3, 0.4) is 0 Å². The fraction of sp³-hybridized carbons (Fsp3) is 0.720. The number of amides is 2. The van der Waals surface area contributed by atoms with Crippen LogP contribution in [0.15, 0.2) is 6.20 Å². The zero-order valence-corrected chi connectivity index (χ0v) is 29.7. The lowest BCUT2D eigenvalue weighted by Crippen LogP contribution is -2.37. The van der Waals surface area contributed by atoms with Gasteiger partial charge in [0.05, 0.1) is 46.0 Å². The second-order valence-corrected chi connectivity index (χ2v) is 18.4. The summed E-state index contributed by atoms with van der Waals surface area (Å²) in [7, 11) is -10.1. The molecule has 0 radical (unpaired) electrons. The molecule has 1 aromatic heterocycles. The molecule has 0 aliphatic carbocycles. The molecule has 1 aliphatic heterocycles. The van der Waals surface area contributed by atoms with Crippen molar-refractivity contribution in [1.29, 1.82) is 0 Å². The summed E-state index contributed by atoms with van der Waals surface area (Å²) >= 11 is 0. The maximum Gasteiger partial charge on any atom is 0.322 e. The molecule has 21 nitrogen and oxygen atoms in total. The van der Waals surface area contributed by atoms with Crippen molar-refractivity contribution in [2.24, 2.45) is 0 Å². The van der Waals surface area contributed by atoms with Crippen LogP contribution in [-0.2, 0) is 50.8 Å². The summed E-state index contributed by atoms with van der Waals surface area (Å²) in [4.78, 5) is 82.9. The van der Waals surface area contributed by atoms with Crippen LogP contribution in [-0.4, -0.2) is 168 Å². The van der Waals surface area contributed by atoms with E-state index in [0.717, 1.165) is 4.68 Å². The molecule has 7 N–H and O–H groups in total. The van der Waals surface area contributed by atoms with Crippen LogP contribution in [0.1, 0.15) is 25.0 Å². The SMILES string of the molecule is O=C(O)CC[PH](=O)CN1CCN(CP(=O)(O)CCC(=O)O)CCN(CP(=O)(O)CCC(=O)NCc2cn(CC(=O)NCC(=O)O)nn2)CC1. The van der Waals surface area contributed by atoms with Crippen molar-refractivity contribution in [2.45, 2.75) is 32.4 Å². The normalized spacial score (nSPS) is 18.2. The molecule has 0 spiro atoms. The Morgan fingerprint density at radius 2 is 1.29 bits per heavy atom. The number of carbonyl (C=O) groups is 5. The molecule has 1 saturated heterocycles. The fourth-order valence-corrected chi connectivity index (χ4v) is 9.32. The molecule has 3 atom stereocenters. The van der Waals surface area contributed by atoms with Gasteiger partial charge in [-0.2, -0.15) is 0 Å². The Balaban J connectivity index is 1.96. The molecule has 1 fully saturated rings. The van der Waals surface area contributed by atoms with Gasteiger partial charge in [0.15, 0.2) is 0 Å². The number of carbonyl (C=O) groups excluding carboxylic acids is 2. The summed E-state index contributed by atoms with van der Waals surface area (Å²) in [5, 5.41) is 38.7. The van der Waals surface area contributed by atoms with E-state index in [1.165, 1.54) is 6.20 Å². The molecule has 0 bridgehead atoms. The monoisotopic (exact) mass is 758 g/mol. The molecule has 0 saturated carbocycles. The Kier molecular flexibility index (Phi) is 17.7. The van der Waals surface area contributed by atoms with Gasteiger partial charge in [-0.25, -0.2) is 4.68 Å². The van der Waals surface area contributed by atoms with E-state index in [9.17, 15) is 47.5 Å². The van der Waals surface area contributed by atoms with Crippen molar-refractivity contribution in [3.63, 3.8) is 0 Å². The first kappa shape index (κ1) is 42.1. The van der Waals surface area contributed by atoms with Crippen molar-refractivity contribution in [2.75, 3.05) is 83.2 Å². The van der Waals surface area contributed by atoms with E-state index in [4.69, 9.17) is 15.3 Å². The molecule has 1 aromatic rings. The molecular weight excluding hydrogens is 713 g/mol. The quantitative estimate of drug-likeness (QED) is 0.0689. The highest BCUT2D eigenvalue weighted by molar-refractivity contribution is 7.58. The minimum Gasteiger partial charge on any atom is -0.481 e.